The number of benzene rings is 2. The number of rotatable bonds is 4. The Morgan fingerprint density at radius 3 is 2.33 bits per heavy atom. The molecule has 0 atom stereocenters. The predicted molar refractivity (Wildman–Crippen MR) is 120 cm³/mol. The van der Waals surface area contributed by atoms with Crippen LogP contribution in [0.1, 0.15) is 0 Å². The first-order valence-corrected chi connectivity index (χ1v) is 10.4. The van der Waals surface area contributed by atoms with Crippen molar-refractivity contribution in [2.24, 2.45) is 0 Å². The third-order valence-electron chi connectivity index (χ3n) is 5.78. The zero-order chi connectivity index (χ0) is 20.3. The maximum atomic E-state index is 13.2. The molecule has 0 spiro atoms. The average molecular weight is 396 g/mol. The van der Waals surface area contributed by atoms with E-state index in [0.717, 1.165) is 54.2 Å². The van der Waals surface area contributed by atoms with Crippen molar-refractivity contribution in [3.8, 4) is 11.3 Å². The average Bonchev–Trinajstić information content (AvgIpc) is 3.19. The molecule has 0 saturated carbocycles. The molecule has 1 saturated heterocycles. The smallest absolute Gasteiger partial charge is 0.242 e. The minimum Gasteiger partial charge on any atom is -0.353 e. The molecule has 0 aliphatic carbocycles. The highest BCUT2D eigenvalue weighted by Crippen LogP contribution is 2.28. The minimum atomic E-state index is 0.161. The lowest BCUT2D eigenvalue weighted by atomic mass is 10.1. The van der Waals surface area contributed by atoms with Gasteiger partial charge >= 0.3 is 0 Å². The van der Waals surface area contributed by atoms with Crippen LogP contribution < -0.4 is 4.90 Å². The largest absolute Gasteiger partial charge is 0.353 e. The third-order valence-corrected chi connectivity index (χ3v) is 5.78. The number of anilines is 1. The number of amides is 1. The van der Waals surface area contributed by atoms with Crippen molar-refractivity contribution in [3.63, 3.8) is 0 Å². The van der Waals surface area contributed by atoms with E-state index in [4.69, 9.17) is 0 Å². The summed E-state index contributed by atoms with van der Waals surface area (Å²) in [6.07, 6.45) is 1.81. The van der Waals surface area contributed by atoms with E-state index in [1.165, 1.54) is 0 Å². The van der Waals surface area contributed by atoms with Gasteiger partial charge in [-0.05, 0) is 29.8 Å². The number of hydrogen-bond acceptors (Lipinski definition) is 3. The maximum absolute atomic E-state index is 13.2. The molecule has 2 aromatic carbocycles. The van der Waals surface area contributed by atoms with Crippen LogP contribution in [0.2, 0.25) is 0 Å². The standard InChI is InChI=1S/C25H24N4O/c30-25(28-16-14-27(15-17-28)24-12-6-7-13-26-24)19-29-22-11-5-4-10-21(22)18-23(29)20-8-2-1-3-9-20/h1-13,18H,14-17,19H2. The van der Waals surface area contributed by atoms with Crippen molar-refractivity contribution in [2.45, 2.75) is 6.54 Å². The van der Waals surface area contributed by atoms with Gasteiger partial charge in [-0.2, -0.15) is 0 Å². The molecular formula is C25H24N4O. The summed E-state index contributed by atoms with van der Waals surface area (Å²) in [7, 11) is 0. The summed E-state index contributed by atoms with van der Waals surface area (Å²) in [6, 6.07) is 26.7. The second-order valence-corrected chi connectivity index (χ2v) is 7.60. The van der Waals surface area contributed by atoms with Gasteiger partial charge in [0.05, 0.1) is 0 Å². The summed E-state index contributed by atoms with van der Waals surface area (Å²) < 4.78 is 2.15. The molecule has 0 radical (unpaired) electrons. The van der Waals surface area contributed by atoms with E-state index >= 15 is 0 Å². The molecule has 30 heavy (non-hydrogen) atoms. The van der Waals surface area contributed by atoms with Gasteiger partial charge in [-0.25, -0.2) is 4.98 Å². The van der Waals surface area contributed by atoms with E-state index in [2.05, 4.69) is 44.8 Å². The number of piperazine rings is 1. The molecule has 3 heterocycles. The van der Waals surface area contributed by atoms with E-state index in [1.54, 1.807) is 0 Å². The van der Waals surface area contributed by atoms with Crippen LogP contribution in [0.5, 0.6) is 0 Å². The molecule has 0 bridgehead atoms. The number of hydrogen-bond donors (Lipinski definition) is 0. The topological polar surface area (TPSA) is 41.4 Å². The van der Waals surface area contributed by atoms with E-state index in [0.29, 0.717) is 6.54 Å². The Balaban J connectivity index is 1.36. The number of para-hydroxylation sites is 1. The SMILES string of the molecule is O=C(Cn1c(-c2ccccc2)cc2ccccc21)N1CCN(c2ccccn2)CC1. The zero-order valence-electron chi connectivity index (χ0n) is 16.8. The Morgan fingerprint density at radius 1 is 0.833 bits per heavy atom. The Kier molecular flexibility index (Phi) is 4.93. The first-order valence-electron chi connectivity index (χ1n) is 10.4. The summed E-state index contributed by atoms with van der Waals surface area (Å²) in [5, 5.41) is 1.16. The third kappa shape index (κ3) is 3.54. The van der Waals surface area contributed by atoms with Crippen LogP contribution in [0.25, 0.3) is 22.2 Å². The van der Waals surface area contributed by atoms with Crippen molar-refractivity contribution in [1.82, 2.24) is 14.5 Å². The van der Waals surface area contributed by atoms with Gasteiger partial charge in [0, 0.05) is 49.0 Å². The van der Waals surface area contributed by atoms with Gasteiger partial charge in [0.2, 0.25) is 5.91 Å². The van der Waals surface area contributed by atoms with E-state index < -0.39 is 0 Å². The van der Waals surface area contributed by atoms with Gasteiger partial charge in [-0.3, -0.25) is 4.79 Å². The van der Waals surface area contributed by atoms with Crippen molar-refractivity contribution in [3.05, 3.63) is 85.1 Å². The highest BCUT2D eigenvalue weighted by atomic mass is 16.2. The summed E-state index contributed by atoms with van der Waals surface area (Å²) in [4.78, 5) is 21.9. The fourth-order valence-electron chi connectivity index (χ4n) is 4.19. The predicted octanol–water partition coefficient (Wildman–Crippen LogP) is 4.05. The van der Waals surface area contributed by atoms with Crippen LogP contribution in [-0.2, 0) is 11.3 Å². The molecule has 1 aliphatic rings. The molecular weight excluding hydrogens is 372 g/mol. The van der Waals surface area contributed by atoms with Crippen LogP contribution in [-0.4, -0.2) is 46.5 Å². The normalized spacial score (nSPS) is 14.3. The lowest BCUT2D eigenvalue weighted by molar-refractivity contribution is -0.132. The Morgan fingerprint density at radius 2 is 1.57 bits per heavy atom. The van der Waals surface area contributed by atoms with E-state index in [-0.39, 0.29) is 5.91 Å². The second-order valence-electron chi connectivity index (χ2n) is 7.60. The molecule has 1 amide bonds. The molecule has 150 valence electrons. The van der Waals surface area contributed by atoms with Crippen LogP contribution in [0.3, 0.4) is 0 Å². The molecule has 4 aromatic rings. The Labute approximate surface area is 176 Å². The summed E-state index contributed by atoms with van der Waals surface area (Å²) in [5.41, 5.74) is 3.30. The highest BCUT2D eigenvalue weighted by molar-refractivity contribution is 5.89. The fourth-order valence-corrected chi connectivity index (χ4v) is 4.19. The van der Waals surface area contributed by atoms with Crippen LogP contribution >= 0.6 is 0 Å². The molecule has 1 fully saturated rings. The molecule has 5 nitrogen and oxygen atoms in total. The number of carbonyl (C=O) groups excluding carboxylic acids is 1. The lowest BCUT2D eigenvalue weighted by Gasteiger charge is -2.35. The van der Waals surface area contributed by atoms with Gasteiger partial charge in [0.25, 0.3) is 0 Å². The number of pyridine rings is 1. The quantitative estimate of drug-likeness (QED) is 0.523. The van der Waals surface area contributed by atoms with Gasteiger partial charge in [0.15, 0.2) is 0 Å². The van der Waals surface area contributed by atoms with E-state index in [9.17, 15) is 4.79 Å². The van der Waals surface area contributed by atoms with Crippen molar-refractivity contribution in [2.75, 3.05) is 31.1 Å². The van der Waals surface area contributed by atoms with Crippen molar-refractivity contribution < 1.29 is 4.79 Å². The minimum absolute atomic E-state index is 0.161. The molecule has 1 aliphatic heterocycles. The molecule has 2 aromatic heterocycles. The highest BCUT2D eigenvalue weighted by Gasteiger charge is 2.23. The van der Waals surface area contributed by atoms with Crippen LogP contribution in [0.4, 0.5) is 5.82 Å². The van der Waals surface area contributed by atoms with Crippen molar-refractivity contribution in [1.29, 1.82) is 0 Å². The first-order chi connectivity index (χ1) is 14.8. The molecule has 0 N–H and O–H groups in total. The second kappa shape index (κ2) is 8.03. The summed E-state index contributed by atoms with van der Waals surface area (Å²) >= 11 is 0. The maximum Gasteiger partial charge on any atom is 0.242 e. The Bertz CT molecular complexity index is 1150. The number of aromatic nitrogens is 2. The first kappa shape index (κ1) is 18.4. The van der Waals surface area contributed by atoms with Crippen LogP contribution in [0, 0.1) is 0 Å². The molecule has 5 rings (SSSR count). The van der Waals surface area contributed by atoms with Crippen molar-refractivity contribution >= 4 is 22.6 Å². The summed E-state index contributed by atoms with van der Waals surface area (Å²) in [5.74, 6) is 1.14. The zero-order valence-corrected chi connectivity index (χ0v) is 16.8. The number of fused-ring (bicyclic) bond motifs is 1. The van der Waals surface area contributed by atoms with Gasteiger partial charge in [-0.15, -0.1) is 0 Å². The summed E-state index contributed by atoms with van der Waals surface area (Å²) in [6.45, 7) is 3.40. The van der Waals surface area contributed by atoms with Gasteiger partial charge in [0.1, 0.15) is 12.4 Å². The molecule has 5 heteroatoms. The lowest BCUT2D eigenvalue weighted by Crippen LogP contribution is -2.49. The monoisotopic (exact) mass is 396 g/mol. The number of nitrogens with zero attached hydrogens (tertiary/aromatic N) is 4. The van der Waals surface area contributed by atoms with E-state index in [1.807, 2.05) is 59.6 Å². The molecule has 0 unspecified atom stereocenters. The Hall–Kier alpha value is -3.60. The van der Waals surface area contributed by atoms with Gasteiger partial charge in [-0.1, -0.05) is 54.6 Å². The fraction of sp³-hybridized carbons (Fsp3) is 0.200. The van der Waals surface area contributed by atoms with Gasteiger partial charge < -0.3 is 14.4 Å². The van der Waals surface area contributed by atoms with Crippen LogP contribution in [0.15, 0.2) is 85.1 Å². The number of carbonyl (C=O) groups is 1.